The average molecular weight is 408 g/mol. The first-order chi connectivity index (χ1) is 13.9. The highest BCUT2D eigenvalue weighted by Gasteiger charge is 2.24. The summed E-state index contributed by atoms with van der Waals surface area (Å²) in [5, 5.41) is 0. The smallest absolute Gasteiger partial charge is 0.242 e. The molecule has 2 amide bonds. The van der Waals surface area contributed by atoms with Gasteiger partial charge in [-0.1, -0.05) is 39.5 Å². The lowest BCUT2D eigenvalue weighted by molar-refractivity contribution is -0.143. The second-order valence-corrected chi connectivity index (χ2v) is 7.86. The van der Waals surface area contributed by atoms with Crippen molar-refractivity contribution in [2.75, 3.05) is 26.8 Å². The van der Waals surface area contributed by atoms with Gasteiger partial charge in [-0.15, -0.1) is 0 Å². The fourth-order valence-electron chi connectivity index (χ4n) is 3.33. The van der Waals surface area contributed by atoms with Crippen LogP contribution in [-0.4, -0.2) is 59.0 Å². The van der Waals surface area contributed by atoms with E-state index in [0.717, 1.165) is 25.0 Å². The number of ether oxygens (including phenoxy) is 1. The Kier molecular flexibility index (Phi) is 12.4. The number of hydrogen-bond donors (Lipinski definition) is 0. The maximum absolute atomic E-state index is 13.1. The number of methoxy groups -OCH3 is 1. The largest absolute Gasteiger partial charge is 0.383 e. The molecule has 0 aromatic carbocycles. The minimum atomic E-state index is -0.0251. The van der Waals surface area contributed by atoms with Crippen LogP contribution in [0.5, 0.6) is 0 Å². The molecule has 0 N–H and O–H groups in total. The number of carbonyl (C=O) groups is 2. The van der Waals surface area contributed by atoms with Gasteiger partial charge in [-0.3, -0.25) is 9.59 Å². The maximum Gasteiger partial charge on any atom is 0.242 e. The van der Waals surface area contributed by atoms with Crippen LogP contribution in [0.1, 0.15) is 71.4 Å². The second-order valence-electron chi connectivity index (χ2n) is 7.86. The fourth-order valence-corrected chi connectivity index (χ4v) is 3.33. The highest BCUT2D eigenvalue weighted by Crippen LogP contribution is 2.13. The van der Waals surface area contributed by atoms with Crippen molar-refractivity contribution in [1.29, 1.82) is 0 Å². The number of nitrogens with zero attached hydrogens (tertiary/aromatic N) is 3. The Hall–Kier alpha value is -1.82. The van der Waals surface area contributed by atoms with Gasteiger partial charge in [-0.25, -0.2) is 0 Å². The van der Waals surface area contributed by atoms with E-state index in [9.17, 15) is 9.59 Å². The molecule has 0 saturated carbocycles. The number of unbranched alkanes of at least 4 members (excludes halogenated alkanes) is 4. The summed E-state index contributed by atoms with van der Waals surface area (Å²) >= 11 is 0. The molecule has 0 bridgehead atoms. The molecule has 1 heterocycles. The van der Waals surface area contributed by atoms with Gasteiger partial charge in [0.25, 0.3) is 0 Å². The van der Waals surface area contributed by atoms with E-state index >= 15 is 0 Å². The molecule has 29 heavy (non-hydrogen) atoms. The predicted octanol–water partition coefficient (Wildman–Crippen LogP) is 3.99. The van der Waals surface area contributed by atoms with Gasteiger partial charge >= 0.3 is 0 Å². The van der Waals surface area contributed by atoms with Gasteiger partial charge in [0.15, 0.2) is 0 Å². The van der Waals surface area contributed by atoms with Crippen LogP contribution in [0.2, 0.25) is 0 Å². The third kappa shape index (κ3) is 9.03. The minimum Gasteiger partial charge on any atom is -0.383 e. The Morgan fingerprint density at radius 1 is 1.14 bits per heavy atom. The summed E-state index contributed by atoms with van der Waals surface area (Å²) in [7, 11) is 3.61. The summed E-state index contributed by atoms with van der Waals surface area (Å²) < 4.78 is 7.21. The lowest BCUT2D eigenvalue weighted by Crippen LogP contribution is -2.47. The number of amides is 2. The third-order valence-corrected chi connectivity index (χ3v) is 5.57. The lowest BCUT2D eigenvalue weighted by atomic mass is 10.1. The zero-order valence-corrected chi connectivity index (χ0v) is 19.2. The average Bonchev–Trinajstić information content (AvgIpc) is 3.12. The van der Waals surface area contributed by atoms with Crippen molar-refractivity contribution in [3.63, 3.8) is 0 Å². The van der Waals surface area contributed by atoms with Crippen molar-refractivity contribution in [3.8, 4) is 0 Å². The van der Waals surface area contributed by atoms with Gasteiger partial charge in [-0.05, 0) is 31.9 Å². The van der Waals surface area contributed by atoms with E-state index in [2.05, 4.69) is 13.8 Å². The van der Waals surface area contributed by atoms with Crippen LogP contribution in [0.15, 0.2) is 18.3 Å². The van der Waals surface area contributed by atoms with Gasteiger partial charge in [0.05, 0.1) is 13.2 Å². The van der Waals surface area contributed by atoms with Crippen molar-refractivity contribution in [3.05, 3.63) is 24.0 Å². The van der Waals surface area contributed by atoms with Gasteiger partial charge in [0.2, 0.25) is 11.8 Å². The fraction of sp³-hybridized carbons (Fsp3) is 0.739. The Balaban J connectivity index is 2.75. The maximum atomic E-state index is 13.1. The van der Waals surface area contributed by atoms with Crippen LogP contribution in [0.3, 0.4) is 0 Å². The molecule has 0 aliphatic heterocycles. The van der Waals surface area contributed by atoms with Crippen molar-refractivity contribution in [2.24, 2.45) is 7.05 Å². The molecule has 0 aliphatic rings. The number of rotatable bonds is 15. The molecule has 6 nitrogen and oxygen atoms in total. The summed E-state index contributed by atoms with van der Waals surface area (Å²) in [4.78, 5) is 29.5. The highest BCUT2D eigenvalue weighted by molar-refractivity contribution is 5.85. The first-order valence-corrected chi connectivity index (χ1v) is 11.1. The molecule has 6 heteroatoms. The predicted molar refractivity (Wildman–Crippen MR) is 118 cm³/mol. The molecule has 1 unspecified atom stereocenters. The summed E-state index contributed by atoms with van der Waals surface area (Å²) in [5.41, 5.74) is 1.06. The lowest BCUT2D eigenvalue weighted by Gasteiger charge is -2.31. The van der Waals surface area contributed by atoms with E-state index in [0.29, 0.717) is 26.1 Å². The Morgan fingerprint density at radius 3 is 2.45 bits per heavy atom. The van der Waals surface area contributed by atoms with E-state index < -0.39 is 0 Å². The van der Waals surface area contributed by atoms with E-state index in [-0.39, 0.29) is 24.4 Å². The molecule has 0 spiro atoms. The second kappa shape index (κ2) is 14.2. The topological polar surface area (TPSA) is 54.8 Å². The van der Waals surface area contributed by atoms with E-state index in [1.165, 1.54) is 19.3 Å². The standard InChI is InChI=1S/C23H41N3O3/c1-6-8-9-10-11-14-22(27)26(20(3)7-2)19-23(28)25(16-17-29-5)18-21-13-12-15-24(21)4/h12-13,15,20H,6-11,14,16-19H2,1-5H3. The summed E-state index contributed by atoms with van der Waals surface area (Å²) in [6.45, 7) is 7.92. The van der Waals surface area contributed by atoms with Crippen LogP contribution in [0.4, 0.5) is 0 Å². The van der Waals surface area contributed by atoms with E-state index in [4.69, 9.17) is 4.74 Å². The van der Waals surface area contributed by atoms with E-state index in [1.54, 1.807) is 16.9 Å². The molecular formula is C23H41N3O3. The van der Waals surface area contributed by atoms with Crippen LogP contribution < -0.4 is 0 Å². The third-order valence-electron chi connectivity index (χ3n) is 5.57. The summed E-state index contributed by atoms with van der Waals surface area (Å²) in [6.07, 6.45) is 8.90. The van der Waals surface area contributed by atoms with Gasteiger partial charge in [0.1, 0.15) is 6.54 Å². The molecule has 0 fully saturated rings. The van der Waals surface area contributed by atoms with Gasteiger partial charge < -0.3 is 19.1 Å². The van der Waals surface area contributed by atoms with E-state index in [1.807, 2.05) is 36.9 Å². The normalized spacial score (nSPS) is 12.0. The molecule has 1 aromatic heterocycles. The highest BCUT2D eigenvalue weighted by atomic mass is 16.5. The molecule has 166 valence electrons. The Labute approximate surface area is 177 Å². The summed E-state index contributed by atoms with van der Waals surface area (Å²) in [5.74, 6) is 0.0673. The SMILES string of the molecule is CCCCCCCC(=O)N(CC(=O)N(CCOC)Cc1cccn1C)C(C)CC. The monoisotopic (exact) mass is 407 g/mol. The number of aromatic nitrogens is 1. The quantitative estimate of drug-likeness (QED) is 0.413. The van der Waals surface area contributed by atoms with Crippen molar-refractivity contribution in [2.45, 2.75) is 78.3 Å². The van der Waals surface area contributed by atoms with Gasteiger partial charge in [0, 0.05) is 45.1 Å². The van der Waals surface area contributed by atoms with Gasteiger partial charge in [-0.2, -0.15) is 0 Å². The molecule has 1 rings (SSSR count). The first-order valence-electron chi connectivity index (χ1n) is 11.1. The molecule has 1 aromatic rings. The van der Waals surface area contributed by atoms with Crippen molar-refractivity contribution in [1.82, 2.24) is 14.4 Å². The number of carbonyl (C=O) groups excluding carboxylic acids is 2. The molecule has 0 saturated heterocycles. The number of hydrogen-bond acceptors (Lipinski definition) is 3. The number of aryl methyl sites for hydroxylation is 1. The van der Waals surface area contributed by atoms with Crippen LogP contribution in [-0.2, 0) is 27.9 Å². The minimum absolute atomic E-state index is 0.0251. The van der Waals surface area contributed by atoms with Crippen molar-refractivity contribution >= 4 is 11.8 Å². The molecule has 0 aliphatic carbocycles. The molecular weight excluding hydrogens is 366 g/mol. The molecule has 0 radical (unpaired) electrons. The first kappa shape index (κ1) is 25.2. The van der Waals surface area contributed by atoms with Crippen molar-refractivity contribution < 1.29 is 14.3 Å². The Bertz CT molecular complexity index is 600. The summed E-state index contributed by atoms with van der Waals surface area (Å²) in [6, 6.07) is 4.05. The van der Waals surface area contributed by atoms with Crippen LogP contribution in [0.25, 0.3) is 0 Å². The zero-order valence-electron chi connectivity index (χ0n) is 19.2. The van der Waals surface area contributed by atoms with Crippen LogP contribution >= 0.6 is 0 Å². The van der Waals surface area contributed by atoms with Crippen LogP contribution in [0, 0.1) is 0 Å². The zero-order chi connectivity index (χ0) is 21.6. The molecule has 1 atom stereocenters. The Morgan fingerprint density at radius 2 is 1.86 bits per heavy atom.